The Kier molecular flexibility index (Phi) is 6.53. The van der Waals surface area contributed by atoms with Crippen LogP contribution in [-0.2, 0) is 14.3 Å². The van der Waals surface area contributed by atoms with E-state index < -0.39 is 24.2 Å². The number of esters is 1. The Labute approximate surface area is 124 Å². The highest BCUT2D eigenvalue weighted by Crippen LogP contribution is 2.36. The first-order valence-corrected chi connectivity index (χ1v) is 7.50. The lowest BCUT2D eigenvalue weighted by Gasteiger charge is -2.30. The van der Waals surface area contributed by atoms with E-state index in [4.69, 9.17) is 4.74 Å². The van der Waals surface area contributed by atoms with Crippen molar-refractivity contribution in [3.63, 3.8) is 0 Å². The van der Waals surface area contributed by atoms with Crippen molar-refractivity contribution in [3.05, 3.63) is 0 Å². The molecule has 0 bridgehead atoms. The summed E-state index contributed by atoms with van der Waals surface area (Å²) in [6, 6.07) is 0. The van der Waals surface area contributed by atoms with Crippen LogP contribution in [-0.4, -0.2) is 36.5 Å². The lowest BCUT2D eigenvalue weighted by atomic mass is 9.89. The highest BCUT2D eigenvalue weighted by molar-refractivity contribution is 5.72. The van der Waals surface area contributed by atoms with Gasteiger partial charge < -0.3 is 14.6 Å². The molecular weight excluding hydrogens is 282 g/mol. The van der Waals surface area contributed by atoms with Gasteiger partial charge in [-0.05, 0) is 12.8 Å². The zero-order valence-electron chi connectivity index (χ0n) is 13.0. The first-order chi connectivity index (χ1) is 9.63. The van der Waals surface area contributed by atoms with Gasteiger partial charge in [-0.1, -0.05) is 40.0 Å². The number of rotatable bonds is 6. The Morgan fingerprint density at radius 1 is 1.19 bits per heavy atom. The molecule has 21 heavy (non-hydrogen) atoms. The van der Waals surface area contributed by atoms with Crippen LogP contribution >= 0.6 is 0 Å². The molecule has 1 unspecified atom stereocenters. The molecule has 0 spiro atoms. The van der Waals surface area contributed by atoms with Crippen molar-refractivity contribution in [2.24, 2.45) is 11.3 Å². The average molecular weight is 308 g/mol. The van der Waals surface area contributed by atoms with Gasteiger partial charge in [-0.3, -0.25) is 4.79 Å². The van der Waals surface area contributed by atoms with Gasteiger partial charge in [-0.15, -0.1) is 0 Å². The van der Waals surface area contributed by atoms with Crippen LogP contribution in [0.2, 0.25) is 0 Å². The first-order valence-electron chi connectivity index (χ1n) is 7.50. The van der Waals surface area contributed by atoms with Crippen LogP contribution in [0, 0.1) is 11.3 Å². The summed E-state index contributed by atoms with van der Waals surface area (Å²) in [5.74, 6) is -0.473. The fourth-order valence-corrected chi connectivity index (χ4v) is 2.10. The summed E-state index contributed by atoms with van der Waals surface area (Å²) in [5.41, 5.74) is -1.36. The van der Waals surface area contributed by atoms with E-state index in [1.54, 1.807) is 0 Å². The Bertz CT molecular complexity index is 333. The molecule has 0 aliphatic heterocycles. The minimum Gasteiger partial charge on any atom is -0.463 e. The molecule has 1 rings (SSSR count). The van der Waals surface area contributed by atoms with Crippen LogP contribution < -0.4 is 0 Å². The average Bonchev–Trinajstić information content (AvgIpc) is 2.42. The third kappa shape index (κ3) is 5.87. The van der Waals surface area contributed by atoms with Crippen LogP contribution in [0.1, 0.15) is 52.9 Å². The summed E-state index contributed by atoms with van der Waals surface area (Å²) in [7, 11) is 0. The van der Waals surface area contributed by atoms with E-state index in [9.17, 15) is 18.7 Å². The summed E-state index contributed by atoms with van der Waals surface area (Å²) in [5, 5.41) is 9.59. The van der Waals surface area contributed by atoms with E-state index in [-0.39, 0.29) is 18.5 Å². The van der Waals surface area contributed by atoms with Crippen LogP contribution in [0.25, 0.3) is 0 Å². The molecule has 0 aromatic rings. The number of halogens is 2. The highest BCUT2D eigenvalue weighted by atomic mass is 19.3. The van der Waals surface area contributed by atoms with Crippen molar-refractivity contribution in [3.8, 4) is 0 Å². The zero-order chi connectivity index (χ0) is 16.1. The topological polar surface area (TPSA) is 55.8 Å². The third-order valence-corrected chi connectivity index (χ3v) is 3.69. The van der Waals surface area contributed by atoms with E-state index in [1.165, 1.54) is 20.8 Å². The number of aliphatic hydroxyl groups excluding tert-OH is 1. The predicted octanol–water partition coefficient (Wildman–Crippen LogP) is 3.13. The summed E-state index contributed by atoms with van der Waals surface area (Å²) in [4.78, 5) is 11.7. The number of alkyl halides is 2. The third-order valence-electron chi connectivity index (χ3n) is 3.69. The standard InChI is InChI=1S/C15H26F2O4/c1-14(2,3)15(16,17)21-10-12(18)9-20-13(19)11-7-5-4-6-8-11/h11-12,18H,4-10H2,1-3H3. The van der Waals surface area contributed by atoms with Crippen molar-refractivity contribution < 1.29 is 28.2 Å². The maximum absolute atomic E-state index is 13.5. The lowest BCUT2D eigenvalue weighted by molar-refractivity contribution is -0.302. The van der Waals surface area contributed by atoms with Gasteiger partial charge >= 0.3 is 12.1 Å². The van der Waals surface area contributed by atoms with Crippen LogP contribution in [0.15, 0.2) is 0 Å². The second-order valence-electron chi connectivity index (χ2n) is 6.70. The molecule has 1 aliphatic carbocycles. The van der Waals surface area contributed by atoms with E-state index in [1.807, 2.05) is 0 Å². The molecule has 1 saturated carbocycles. The van der Waals surface area contributed by atoms with Crippen molar-refractivity contribution >= 4 is 5.97 Å². The largest absolute Gasteiger partial charge is 0.463 e. The maximum Gasteiger partial charge on any atom is 0.360 e. The Morgan fingerprint density at radius 2 is 1.76 bits per heavy atom. The molecule has 0 amide bonds. The van der Waals surface area contributed by atoms with Crippen molar-refractivity contribution in [1.82, 2.24) is 0 Å². The van der Waals surface area contributed by atoms with Crippen molar-refractivity contribution in [1.29, 1.82) is 0 Å². The minimum absolute atomic E-state index is 0.122. The number of carbonyl (C=O) groups excluding carboxylic acids is 1. The summed E-state index contributed by atoms with van der Waals surface area (Å²) in [6.45, 7) is 3.17. The minimum atomic E-state index is -3.35. The molecule has 0 aromatic carbocycles. The van der Waals surface area contributed by atoms with Gasteiger partial charge in [0.05, 0.1) is 17.9 Å². The molecule has 0 aromatic heterocycles. The molecule has 1 aliphatic rings. The Morgan fingerprint density at radius 3 is 2.29 bits per heavy atom. The molecule has 0 saturated heterocycles. The number of aliphatic hydroxyl groups is 1. The van der Waals surface area contributed by atoms with E-state index >= 15 is 0 Å². The van der Waals surface area contributed by atoms with Gasteiger partial charge in [-0.25, -0.2) is 0 Å². The summed E-state index contributed by atoms with van der Waals surface area (Å²) < 4.78 is 36.5. The van der Waals surface area contributed by atoms with E-state index in [0.29, 0.717) is 0 Å². The fourth-order valence-electron chi connectivity index (χ4n) is 2.10. The molecule has 6 heteroatoms. The van der Waals surface area contributed by atoms with Crippen molar-refractivity contribution in [2.75, 3.05) is 13.2 Å². The number of hydrogen-bond acceptors (Lipinski definition) is 4. The zero-order valence-corrected chi connectivity index (χ0v) is 13.0. The van der Waals surface area contributed by atoms with Crippen LogP contribution in [0.3, 0.4) is 0 Å². The van der Waals surface area contributed by atoms with Gasteiger partial charge in [0.15, 0.2) is 0 Å². The van der Waals surface area contributed by atoms with Crippen LogP contribution in [0.4, 0.5) is 8.78 Å². The SMILES string of the molecule is CC(C)(C)C(F)(F)OCC(O)COC(=O)C1CCCCC1. The van der Waals surface area contributed by atoms with Gasteiger partial charge in [0.2, 0.25) is 0 Å². The smallest absolute Gasteiger partial charge is 0.360 e. The molecule has 0 radical (unpaired) electrons. The molecule has 1 atom stereocenters. The quantitative estimate of drug-likeness (QED) is 0.766. The second kappa shape index (κ2) is 7.49. The Balaban J connectivity index is 2.27. The van der Waals surface area contributed by atoms with Crippen molar-refractivity contribution in [2.45, 2.75) is 65.1 Å². The highest BCUT2D eigenvalue weighted by Gasteiger charge is 2.44. The maximum atomic E-state index is 13.5. The van der Waals surface area contributed by atoms with Gasteiger partial charge in [-0.2, -0.15) is 8.78 Å². The molecular formula is C15H26F2O4. The van der Waals surface area contributed by atoms with E-state index in [0.717, 1.165) is 32.1 Å². The molecule has 0 heterocycles. The number of hydrogen-bond donors (Lipinski definition) is 1. The van der Waals surface area contributed by atoms with Gasteiger partial charge in [0.25, 0.3) is 0 Å². The predicted molar refractivity (Wildman–Crippen MR) is 73.9 cm³/mol. The molecule has 124 valence electrons. The van der Waals surface area contributed by atoms with Gasteiger partial charge in [0.1, 0.15) is 12.7 Å². The number of carbonyl (C=O) groups is 1. The molecule has 4 nitrogen and oxygen atoms in total. The van der Waals surface area contributed by atoms with Crippen LogP contribution in [0.5, 0.6) is 0 Å². The van der Waals surface area contributed by atoms with E-state index in [2.05, 4.69) is 4.74 Å². The second-order valence-corrected chi connectivity index (χ2v) is 6.70. The first kappa shape index (κ1) is 18.3. The lowest BCUT2D eigenvalue weighted by Crippen LogP contribution is -2.39. The summed E-state index contributed by atoms with van der Waals surface area (Å²) >= 11 is 0. The summed E-state index contributed by atoms with van der Waals surface area (Å²) in [6.07, 6.45) is 0.141. The fraction of sp³-hybridized carbons (Fsp3) is 0.933. The van der Waals surface area contributed by atoms with Gasteiger partial charge in [0, 0.05) is 0 Å². The normalized spacial score (nSPS) is 19.3. The molecule has 1 N–H and O–H groups in total. The Hall–Kier alpha value is -0.750. The number of ether oxygens (including phenoxy) is 2. The monoisotopic (exact) mass is 308 g/mol. The molecule has 1 fully saturated rings.